The molecule has 2 aliphatic rings. The summed E-state index contributed by atoms with van der Waals surface area (Å²) in [4.78, 5) is 57.3. The monoisotopic (exact) mass is 1010 g/mol. The van der Waals surface area contributed by atoms with E-state index in [0.29, 0.717) is 60.8 Å². The Morgan fingerprint density at radius 2 is 1.36 bits per heavy atom. The van der Waals surface area contributed by atoms with Gasteiger partial charge < -0.3 is 14.8 Å². The van der Waals surface area contributed by atoms with Crippen LogP contribution in [0.1, 0.15) is 194 Å². The number of alkyl carbamates (subject to hydrolysis) is 1. The van der Waals surface area contributed by atoms with E-state index >= 15 is 9.59 Å². The van der Waals surface area contributed by atoms with Crippen molar-refractivity contribution in [3.63, 3.8) is 0 Å². The second-order valence-corrected chi connectivity index (χ2v) is 23.7. The zero-order valence-electron chi connectivity index (χ0n) is 46.4. The number of rotatable bonds is 26. The number of thiophene rings is 1. The first-order valence-electron chi connectivity index (χ1n) is 27.7. The molecule has 4 atom stereocenters. The zero-order chi connectivity index (χ0) is 53.3. The van der Waals surface area contributed by atoms with Crippen LogP contribution in [0.15, 0.2) is 95.1 Å². The highest BCUT2D eigenvalue weighted by molar-refractivity contribution is 7.16. The average molecular weight is 1010 g/mol. The van der Waals surface area contributed by atoms with Gasteiger partial charge in [0.25, 0.3) is 0 Å². The molecule has 73 heavy (non-hydrogen) atoms. The summed E-state index contributed by atoms with van der Waals surface area (Å²) in [5.41, 5.74) is 8.13. The molecule has 0 bridgehead atoms. The number of carbonyl (C=O) groups is 4. The van der Waals surface area contributed by atoms with Crippen molar-refractivity contribution in [2.24, 2.45) is 23.7 Å². The van der Waals surface area contributed by atoms with Crippen molar-refractivity contribution >= 4 is 46.1 Å². The minimum Gasteiger partial charge on any atom is -0.460 e. The van der Waals surface area contributed by atoms with Crippen molar-refractivity contribution < 1.29 is 28.7 Å². The van der Waals surface area contributed by atoms with Gasteiger partial charge in [0.05, 0.1) is 0 Å². The molecule has 0 radical (unpaired) electrons. The Balaban J connectivity index is 1.53. The third kappa shape index (κ3) is 17.4. The number of terminal acetylenes is 1. The molecule has 2 aromatic carbocycles. The highest BCUT2D eigenvalue weighted by Gasteiger charge is 2.47. The molecule has 0 aliphatic heterocycles. The molecule has 1 N–H and O–H groups in total. The van der Waals surface area contributed by atoms with Crippen LogP contribution in [0.5, 0.6) is 0 Å². The summed E-state index contributed by atoms with van der Waals surface area (Å²) in [6.45, 7) is 22.7. The van der Waals surface area contributed by atoms with Crippen LogP contribution in [0.4, 0.5) is 4.79 Å². The van der Waals surface area contributed by atoms with Crippen molar-refractivity contribution in [3.05, 3.63) is 117 Å². The van der Waals surface area contributed by atoms with Gasteiger partial charge in [0.2, 0.25) is 0 Å². The highest BCUT2D eigenvalue weighted by Crippen LogP contribution is 2.53. The van der Waals surface area contributed by atoms with Gasteiger partial charge >= 0.3 is 12.1 Å². The molecule has 0 fully saturated rings. The molecule has 1 aromatic heterocycles. The van der Waals surface area contributed by atoms with E-state index in [1.165, 1.54) is 5.56 Å². The number of esters is 1. The number of fused-ring (bicyclic) bond motifs is 1. The minimum atomic E-state index is -0.559. The van der Waals surface area contributed by atoms with Crippen LogP contribution >= 0.6 is 11.3 Å². The fraction of sp³-hybridized carbons (Fsp3) is 0.538. The molecule has 8 heteroatoms. The number of ketones is 2. The Morgan fingerprint density at radius 3 is 1.99 bits per heavy atom. The molecule has 1 amide bonds. The number of benzene rings is 2. The Kier molecular flexibility index (Phi) is 22.4. The summed E-state index contributed by atoms with van der Waals surface area (Å²) in [7, 11) is 0. The smallest absolute Gasteiger partial charge is 0.407 e. The Labute approximate surface area is 444 Å². The largest absolute Gasteiger partial charge is 0.460 e. The summed E-state index contributed by atoms with van der Waals surface area (Å²) >= 11 is 1.74. The first-order chi connectivity index (χ1) is 34.8. The number of Topliss-reactive ketones (excluding diaryl/α,β-unsaturated/α-hetero) is 2. The lowest BCUT2D eigenvalue weighted by Gasteiger charge is -2.30. The van der Waals surface area contributed by atoms with Gasteiger partial charge in [0.1, 0.15) is 11.2 Å². The van der Waals surface area contributed by atoms with Crippen molar-refractivity contribution in [2.45, 2.75) is 197 Å². The second kappa shape index (κ2) is 27.9. The normalized spacial score (nSPS) is 17.4. The first-order valence-corrected chi connectivity index (χ1v) is 28.5. The second-order valence-electron chi connectivity index (χ2n) is 22.6. The summed E-state index contributed by atoms with van der Waals surface area (Å²) in [6, 6.07) is 21.2. The fourth-order valence-corrected chi connectivity index (χ4v) is 11.6. The van der Waals surface area contributed by atoms with Gasteiger partial charge in [-0.3, -0.25) is 14.4 Å². The predicted octanol–water partition coefficient (Wildman–Crippen LogP) is 16.6. The summed E-state index contributed by atoms with van der Waals surface area (Å²) < 4.78 is 10.9. The maximum absolute atomic E-state index is 15.6. The van der Waals surface area contributed by atoms with E-state index < -0.39 is 23.2 Å². The predicted molar refractivity (Wildman–Crippen MR) is 304 cm³/mol. The number of aryl methyl sites for hydroxylation is 1. The molecule has 0 saturated carbocycles. The summed E-state index contributed by atoms with van der Waals surface area (Å²) in [5, 5.41) is 2.83. The topological polar surface area (TPSA) is 98.8 Å². The van der Waals surface area contributed by atoms with Gasteiger partial charge in [0.15, 0.2) is 11.6 Å². The lowest BCUT2D eigenvalue weighted by atomic mass is 9.73. The number of allylic oxidation sites excluding steroid dienone is 8. The quantitative estimate of drug-likeness (QED) is 0.0372. The van der Waals surface area contributed by atoms with Crippen molar-refractivity contribution in [1.29, 1.82) is 0 Å². The molecular weight excluding hydrogens is 923 g/mol. The highest BCUT2D eigenvalue weighted by atomic mass is 32.1. The van der Waals surface area contributed by atoms with E-state index in [1.807, 2.05) is 78.0 Å². The number of hydrogen-bond donors (Lipinski definition) is 1. The van der Waals surface area contributed by atoms with Crippen molar-refractivity contribution in [3.8, 4) is 22.8 Å². The molecule has 0 spiro atoms. The van der Waals surface area contributed by atoms with Crippen LogP contribution in [0.3, 0.4) is 0 Å². The molecule has 5 rings (SSSR count). The van der Waals surface area contributed by atoms with E-state index in [-0.39, 0.29) is 23.5 Å². The molecule has 3 aromatic rings. The van der Waals surface area contributed by atoms with Crippen LogP contribution in [0.25, 0.3) is 21.6 Å². The Bertz CT molecular complexity index is 2510. The van der Waals surface area contributed by atoms with Crippen molar-refractivity contribution in [2.75, 3.05) is 6.54 Å². The van der Waals surface area contributed by atoms with Crippen LogP contribution in [0, 0.1) is 36.0 Å². The SMILES string of the molecule is C#C/C(=C\C=C(/C)C1=C2C(=O)CC(CC(CC)CCCC)C(c3ccc(-c4ccc(CCCCC(=O)OC(C)(C)C)cc4)s3)=C2C(=O)C1CC(CC)CCCCC)c1ccc(CCNC(=O)OC(C)(C)C)cc1. The van der Waals surface area contributed by atoms with Gasteiger partial charge in [-0.05, 0) is 162 Å². The van der Waals surface area contributed by atoms with Crippen molar-refractivity contribution in [1.82, 2.24) is 5.32 Å². The molecule has 7 nitrogen and oxygen atoms in total. The van der Waals surface area contributed by atoms with Gasteiger partial charge in [-0.1, -0.05) is 146 Å². The first kappa shape index (κ1) is 58.6. The van der Waals surface area contributed by atoms with Gasteiger partial charge in [-0.25, -0.2) is 4.79 Å². The van der Waals surface area contributed by atoms with Crippen LogP contribution in [0.2, 0.25) is 0 Å². The van der Waals surface area contributed by atoms with Gasteiger partial charge in [0, 0.05) is 51.8 Å². The molecule has 394 valence electrons. The number of carbonyl (C=O) groups excluding carboxylic acids is 4. The van der Waals surface area contributed by atoms with E-state index in [9.17, 15) is 9.59 Å². The Hall–Kier alpha value is -5.26. The number of unbranched alkanes of at least 4 members (excludes halogenated alkanes) is 4. The average Bonchev–Trinajstić information content (AvgIpc) is 3.94. The zero-order valence-corrected chi connectivity index (χ0v) is 47.2. The van der Waals surface area contributed by atoms with Crippen LogP contribution < -0.4 is 5.32 Å². The van der Waals surface area contributed by atoms with Crippen LogP contribution in [-0.2, 0) is 36.7 Å². The molecule has 4 unspecified atom stereocenters. The van der Waals surface area contributed by atoms with Crippen LogP contribution in [-0.4, -0.2) is 41.4 Å². The molecule has 1 heterocycles. The Morgan fingerprint density at radius 1 is 0.740 bits per heavy atom. The molecule has 0 saturated heterocycles. The molecule has 2 aliphatic carbocycles. The standard InChI is InChI=1S/C65H87NO6S/c1-13-18-20-24-46(16-4)42-53-58(44(6)27-32-49(17-5)50-33-28-48(29-34-50)39-40-66-63(70)72-65(10,11)12)60-54(67)43-52(41-45(15-3)23-19-14-2)59(61(60)62(53)69)56-38-37-55(73-56)51-35-30-47(31-36-51)25-21-22-26-57(68)71-64(7,8)9/h5,27-38,45-46,52-53H,13-16,18-26,39-43H2,1-4,6-12H3,(H,66,70)/b44-27+,49-32+. The van der Waals surface area contributed by atoms with E-state index in [0.717, 1.165) is 127 Å². The maximum Gasteiger partial charge on any atom is 0.407 e. The number of nitrogens with one attached hydrogen (secondary N) is 1. The van der Waals surface area contributed by atoms with E-state index in [4.69, 9.17) is 15.9 Å². The molecular formula is C65H87NO6S. The number of amides is 1. The van der Waals surface area contributed by atoms with E-state index in [1.54, 1.807) is 11.3 Å². The third-order valence-electron chi connectivity index (χ3n) is 14.4. The third-order valence-corrected chi connectivity index (χ3v) is 15.6. The minimum absolute atomic E-state index is 0.0497. The van der Waals surface area contributed by atoms with E-state index in [2.05, 4.69) is 82.3 Å². The summed E-state index contributed by atoms with van der Waals surface area (Å²) in [6.07, 6.45) is 25.3. The fourth-order valence-electron chi connectivity index (χ4n) is 10.5. The van der Waals surface area contributed by atoms with Gasteiger partial charge in [-0.15, -0.1) is 17.8 Å². The number of hydrogen-bond acceptors (Lipinski definition) is 7. The lowest BCUT2D eigenvalue weighted by molar-refractivity contribution is -0.155. The number of ether oxygens (including phenoxy) is 2. The van der Waals surface area contributed by atoms with Gasteiger partial charge in [-0.2, -0.15) is 0 Å². The lowest BCUT2D eigenvalue weighted by Crippen LogP contribution is -2.33. The summed E-state index contributed by atoms with van der Waals surface area (Å²) in [5.74, 6) is 3.29. The maximum atomic E-state index is 15.6.